The summed E-state index contributed by atoms with van der Waals surface area (Å²) < 4.78 is 0. The smallest absolute Gasteiger partial charge is 0.317 e. The molecule has 1 aromatic rings. The molecule has 1 N–H and O–H groups in total. The maximum absolute atomic E-state index is 12.2. The number of hydrogen-bond donors (Lipinski definition) is 1. The molecule has 2 aliphatic rings. The molecule has 3 amide bonds. The van der Waals surface area contributed by atoms with E-state index in [1.807, 2.05) is 11.8 Å². The molecule has 1 heterocycles. The Balaban J connectivity index is 1.86. The summed E-state index contributed by atoms with van der Waals surface area (Å²) in [6, 6.07) is 6.63. The predicted molar refractivity (Wildman–Crippen MR) is 98.5 cm³/mol. The third-order valence-electron chi connectivity index (χ3n) is 5.83. The van der Waals surface area contributed by atoms with Crippen molar-refractivity contribution in [3.05, 3.63) is 34.9 Å². The normalized spacial score (nSPS) is 21.1. The minimum Gasteiger partial charge on any atom is -0.343 e. The Kier molecular flexibility index (Phi) is 4.76. The summed E-state index contributed by atoms with van der Waals surface area (Å²) in [5.41, 5.74) is 3.92. The van der Waals surface area contributed by atoms with Crippen LogP contribution >= 0.6 is 0 Å². The molecule has 1 fully saturated rings. The minimum absolute atomic E-state index is 0.0481. The molecule has 5 heteroatoms. The van der Waals surface area contributed by atoms with Crippen LogP contribution in [0.15, 0.2) is 18.2 Å². The van der Waals surface area contributed by atoms with E-state index in [0.717, 1.165) is 32.4 Å². The van der Waals surface area contributed by atoms with Gasteiger partial charge in [-0.3, -0.25) is 4.79 Å². The molecule has 136 valence electrons. The standard InChI is InChI=1S/C20H29N3O2/c1-5-18(24)23-10-8-20(9-11-23)13-17(21-19(25)22(3)4)15-12-14(2)6-7-16(15)20/h6-7,12,17H,5,8-11,13H2,1-4H3,(H,21,25). The van der Waals surface area contributed by atoms with Crippen molar-refractivity contribution in [2.24, 2.45) is 0 Å². The highest BCUT2D eigenvalue weighted by Gasteiger charge is 2.46. The van der Waals surface area contributed by atoms with Gasteiger partial charge in [0, 0.05) is 39.0 Å². The fraction of sp³-hybridized carbons (Fsp3) is 0.600. The van der Waals surface area contributed by atoms with Gasteiger partial charge in [-0.15, -0.1) is 0 Å². The number of nitrogens with zero attached hydrogens (tertiary/aromatic N) is 2. The van der Waals surface area contributed by atoms with E-state index in [2.05, 4.69) is 30.4 Å². The number of amides is 3. The Morgan fingerprint density at radius 1 is 1.28 bits per heavy atom. The molecule has 3 rings (SSSR count). The van der Waals surface area contributed by atoms with Crippen LogP contribution in [0, 0.1) is 6.92 Å². The molecule has 1 aromatic carbocycles. The van der Waals surface area contributed by atoms with Gasteiger partial charge in [0.05, 0.1) is 6.04 Å². The van der Waals surface area contributed by atoms with E-state index in [1.165, 1.54) is 16.7 Å². The first kappa shape index (κ1) is 17.8. The minimum atomic E-state index is -0.0481. The van der Waals surface area contributed by atoms with Gasteiger partial charge in [0.2, 0.25) is 5.91 Å². The highest BCUT2D eigenvalue weighted by Crippen LogP contribution is 2.51. The van der Waals surface area contributed by atoms with Gasteiger partial charge < -0.3 is 15.1 Å². The lowest BCUT2D eigenvalue weighted by Crippen LogP contribution is -2.44. The SMILES string of the molecule is CCC(=O)N1CCC2(CC1)CC(NC(=O)N(C)C)c1cc(C)ccc12. The number of urea groups is 1. The van der Waals surface area contributed by atoms with E-state index >= 15 is 0 Å². The van der Waals surface area contributed by atoms with E-state index in [1.54, 1.807) is 19.0 Å². The number of fused-ring (bicyclic) bond motifs is 2. The molecule has 1 unspecified atom stereocenters. The van der Waals surface area contributed by atoms with Crippen LogP contribution < -0.4 is 5.32 Å². The average molecular weight is 343 g/mol. The van der Waals surface area contributed by atoms with Gasteiger partial charge in [0.25, 0.3) is 0 Å². The molecule has 1 aliphatic heterocycles. The van der Waals surface area contributed by atoms with Gasteiger partial charge in [-0.1, -0.05) is 30.7 Å². The Morgan fingerprint density at radius 3 is 2.56 bits per heavy atom. The van der Waals surface area contributed by atoms with Crippen LogP contribution in [0.3, 0.4) is 0 Å². The Morgan fingerprint density at radius 2 is 1.96 bits per heavy atom. The average Bonchev–Trinajstić information content (AvgIpc) is 2.87. The third-order valence-corrected chi connectivity index (χ3v) is 5.83. The molecule has 1 aliphatic carbocycles. The number of aryl methyl sites for hydroxylation is 1. The molecule has 25 heavy (non-hydrogen) atoms. The fourth-order valence-corrected chi connectivity index (χ4v) is 4.35. The van der Waals surface area contributed by atoms with Gasteiger partial charge in [0.1, 0.15) is 0 Å². The van der Waals surface area contributed by atoms with Crippen molar-refractivity contribution in [1.29, 1.82) is 0 Å². The van der Waals surface area contributed by atoms with Crippen LogP contribution in [-0.4, -0.2) is 48.9 Å². The van der Waals surface area contributed by atoms with E-state index in [4.69, 9.17) is 0 Å². The van der Waals surface area contributed by atoms with Crippen molar-refractivity contribution in [2.45, 2.75) is 51.0 Å². The van der Waals surface area contributed by atoms with Crippen molar-refractivity contribution in [3.8, 4) is 0 Å². The van der Waals surface area contributed by atoms with E-state index in [0.29, 0.717) is 6.42 Å². The van der Waals surface area contributed by atoms with Crippen LogP contribution in [0.25, 0.3) is 0 Å². The highest BCUT2D eigenvalue weighted by molar-refractivity contribution is 5.76. The zero-order valence-corrected chi connectivity index (χ0v) is 15.8. The molecule has 0 aromatic heterocycles. The van der Waals surface area contributed by atoms with Gasteiger partial charge >= 0.3 is 6.03 Å². The van der Waals surface area contributed by atoms with Crippen molar-refractivity contribution in [2.75, 3.05) is 27.2 Å². The van der Waals surface area contributed by atoms with E-state index < -0.39 is 0 Å². The largest absolute Gasteiger partial charge is 0.343 e. The van der Waals surface area contributed by atoms with E-state index in [9.17, 15) is 9.59 Å². The van der Waals surface area contributed by atoms with Crippen LogP contribution in [0.2, 0.25) is 0 Å². The summed E-state index contributed by atoms with van der Waals surface area (Å²) >= 11 is 0. The number of nitrogens with one attached hydrogen (secondary N) is 1. The van der Waals surface area contributed by atoms with Crippen LogP contribution in [0.5, 0.6) is 0 Å². The maximum Gasteiger partial charge on any atom is 0.317 e. The van der Waals surface area contributed by atoms with Gasteiger partial charge in [0.15, 0.2) is 0 Å². The predicted octanol–water partition coefficient (Wildman–Crippen LogP) is 2.98. The Bertz CT molecular complexity index is 676. The summed E-state index contributed by atoms with van der Waals surface area (Å²) in [4.78, 5) is 27.8. The first-order chi connectivity index (χ1) is 11.9. The van der Waals surface area contributed by atoms with Crippen LogP contribution in [0.1, 0.15) is 55.3 Å². The lowest BCUT2D eigenvalue weighted by Gasteiger charge is -2.40. The molecular weight excluding hydrogens is 314 g/mol. The van der Waals surface area contributed by atoms with Crippen molar-refractivity contribution < 1.29 is 9.59 Å². The van der Waals surface area contributed by atoms with E-state index in [-0.39, 0.29) is 23.4 Å². The van der Waals surface area contributed by atoms with Crippen molar-refractivity contribution >= 4 is 11.9 Å². The third kappa shape index (κ3) is 3.24. The number of carbonyl (C=O) groups excluding carboxylic acids is 2. The first-order valence-corrected chi connectivity index (χ1v) is 9.23. The zero-order valence-electron chi connectivity index (χ0n) is 15.8. The first-order valence-electron chi connectivity index (χ1n) is 9.23. The van der Waals surface area contributed by atoms with Gasteiger partial charge in [-0.05, 0) is 37.3 Å². The molecule has 1 atom stereocenters. The topological polar surface area (TPSA) is 52.7 Å². The molecule has 5 nitrogen and oxygen atoms in total. The summed E-state index contributed by atoms with van der Waals surface area (Å²) in [6.07, 6.45) is 3.45. The fourth-order valence-electron chi connectivity index (χ4n) is 4.35. The quantitative estimate of drug-likeness (QED) is 0.897. The van der Waals surface area contributed by atoms with Crippen LogP contribution in [-0.2, 0) is 10.2 Å². The number of piperidine rings is 1. The number of benzene rings is 1. The molecule has 0 radical (unpaired) electrons. The summed E-state index contributed by atoms with van der Waals surface area (Å²) in [5.74, 6) is 0.245. The van der Waals surface area contributed by atoms with Gasteiger partial charge in [-0.2, -0.15) is 0 Å². The number of carbonyl (C=O) groups is 2. The molecule has 1 saturated heterocycles. The summed E-state index contributed by atoms with van der Waals surface area (Å²) in [6.45, 7) is 5.65. The van der Waals surface area contributed by atoms with Crippen molar-refractivity contribution in [1.82, 2.24) is 15.1 Å². The maximum atomic E-state index is 12.2. The van der Waals surface area contributed by atoms with Crippen molar-refractivity contribution in [3.63, 3.8) is 0 Å². The highest BCUT2D eigenvalue weighted by atomic mass is 16.2. The second-order valence-corrected chi connectivity index (χ2v) is 7.71. The molecule has 0 saturated carbocycles. The second-order valence-electron chi connectivity index (χ2n) is 7.71. The van der Waals surface area contributed by atoms with Crippen LogP contribution in [0.4, 0.5) is 4.79 Å². The monoisotopic (exact) mass is 343 g/mol. The van der Waals surface area contributed by atoms with Gasteiger partial charge in [-0.25, -0.2) is 4.79 Å². The summed E-state index contributed by atoms with van der Waals surface area (Å²) in [7, 11) is 3.54. The molecule has 1 spiro atoms. The second kappa shape index (κ2) is 6.70. The lowest BCUT2D eigenvalue weighted by molar-refractivity contribution is -0.132. The Hall–Kier alpha value is -2.04. The number of rotatable bonds is 2. The Labute approximate surface area is 150 Å². The summed E-state index contributed by atoms with van der Waals surface area (Å²) in [5, 5.41) is 3.18. The number of likely N-dealkylation sites (tertiary alicyclic amines) is 1. The lowest BCUT2D eigenvalue weighted by atomic mass is 9.73. The molecule has 0 bridgehead atoms. The number of hydrogen-bond acceptors (Lipinski definition) is 2. The molecular formula is C20H29N3O2. The zero-order chi connectivity index (χ0) is 18.2.